The summed E-state index contributed by atoms with van der Waals surface area (Å²) in [6.45, 7) is 0.746. The van der Waals surface area contributed by atoms with Crippen LogP contribution in [0.2, 0.25) is 0 Å². The van der Waals surface area contributed by atoms with Crippen LogP contribution in [0.25, 0.3) is 0 Å². The number of carbonyl (C=O) groups excluding carboxylic acids is 2. The average molecular weight is 465 g/mol. The number of primary amides is 1. The van der Waals surface area contributed by atoms with E-state index in [0.717, 1.165) is 31.2 Å². The molecule has 5 rings (SSSR count). The summed E-state index contributed by atoms with van der Waals surface area (Å²) in [4.78, 5) is 26.5. The van der Waals surface area contributed by atoms with Gasteiger partial charge < -0.3 is 11.1 Å². The molecule has 2 aliphatic carbocycles. The van der Waals surface area contributed by atoms with Crippen molar-refractivity contribution in [1.82, 2.24) is 14.7 Å². The quantitative estimate of drug-likeness (QED) is 0.653. The van der Waals surface area contributed by atoms with Crippen molar-refractivity contribution in [3.63, 3.8) is 0 Å². The molecule has 2 amide bonds. The molecule has 1 aromatic heterocycles. The van der Waals surface area contributed by atoms with E-state index < -0.39 is 17.1 Å². The Morgan fingerprint density at radius 2 is 1.85 bits per heavy atom. The first kappa shape index (κ1) is 22.5. The summed E-state index contributed by atoms with van der Waals surface area (Å²) in [7, 11) is 0. The number of nitrogens with two attached hydrogens (primary N) is 1. The Balaban J connectivity index is 1.29. The standard InChI is InChI=1S/C25H29FN6O2/c26-25(18-4-2-1-3-5-18)15-31(16-25)19-8-10-24(11-9-19,12-13-27)32-14-20(21(28)33)22(30-32)29-23(34)17-6-7-17/h1-5,14,17,19H,6-12,15-16H2,(H2,28,33)(H,29,30,34)/t19-,24-. The predicted molar refractivity (Wildman–Crippen MR) is 123 cm³/mol. The average Bonchev–Trinajstić information content (AvgIpc) is 3.58. The van der Waals surface area contributed by atoms with Crippen molar-refractivity contribution in [2.24, 2.45) is 11.7 Å². The molecule has 1 saturated heterocycles. The summed E-state index contributed by atoms with van der Waals surface area (Å²) < 4.78 is 17.0. The van der Waals surface area contributed by atoms with Gasteiger partial charge in [-0.2, -0.15) is 10.4 Å². The Labute approximate surface area is 197 Å². The molecule has 3 fully saturated rings. The summed E-state index contributed by atoms with van der Waals surface area (Å²) in [6.07, 6.45) is 6.38. The molecule has 3 N–H and O–H groups in total. The number of likely N-dealkylation sites (tertiary alicyclic amines) is 1. The van der Waals surface area contributed by atoms with E-state index in [1.807, 2.05) is 30.3 Å². The number of alkyl halides is 1. The van der Waals surface area contributed by atoms with Gasteiger partial charge in [-0.05, 0) is 44.1 Å². The van der Waals surface area contributed by atoms with E-state index in [-0.39, 0.29) is 35.7 Å². The highest BCUT2D eigenvalue weighted by Crippen LogP contribution is 2.44. The van der Waals surface area contributed by atoms with Gasteiger partial charge in [-0.3, -0.25) is 19.2 Å². The molecule has 2 aromatic rings. The van der Waals surface area contributed by atoms with Gasteiger partial charge in [0.1, 0.15) is 5.56 Å². The zero-order chi connectivity index (χ0) is 23.9. The van der Waals surface area contributed by atoms with E-state index in [1.54, 1.807) is 10.9 Å². The molecule has 8 nitrogen and oxygen atoms in total. The van der Waals surface area contributed by atoms with Gasteiger partial charge in [-0.1, -0.05) is 30.3 Å². The SMILES string of the molecule is N#CC[C@]1(n2cc(C(N)=O)c(NC(=O)C3CC3)n2)CC[C@H](N2CC(F)(c3ccccc3)C2)CC1. The monoisotopic (exact) mass is 464 g/mol. The Morgan fingerprint density at radius 3 is 2.44 bits per heavy atom. The zero-order valence-electron chi connectivity index (χ0n) is 19.0. The highest BCUT2D eigenvalue weighted by atomic mass is 19.1. The number of halogens is 1. The molecule has 1 aliphatic heterocycles. The van der Waals surface area contributed by atoms with Crippen LogP contribution in [0.3, 0.4) is 0 Å². The number of benzene rings is 1. The fourth-order valence-corrected chi connectivity index (χ4v) is 5.37. The van der Waals surface area contributed by atoms with Crippen LogP contribution < -0.4 is 11.1 Å². The molecule has 1 aromatic carbocycles. The Hall–Kier alpha value is -3.25. The lowest BCUT2D eigenvalue weighted by Crippen LogP contribution is -2.61. The van der Waals surface area contributed by atoms with Gasteiger partial charge in [-0.15, -0.1) is 0 Å². The lowest BCUT2D eigenvalue weighted by atomic mass is 9.75. The van der Waals surface area contributed by atoms with E-state index in [2.05, 4.69) is 21.4 Å². The maximum atomic E-state index is 15.3. The van der Waals surface area contributed by atoms with Gasteiger partial charge in [-0.25, -0.2) is 4.39 Å². The summed E-state index contributed by atoms with van der Waals surface area (Å²) in [5, 5.41) is 16.8. The first-order valence-corrected chi connectivity index (χ1v) is 11.9. The van der Waals surface area contributed by atoms with Gasteiger partial charge >= 0.3 is 0 Å². The van der Waals surface area contributed by atoms with Crippen LogP contribution in [0, 0.1) is 17.2 Å². The van der Waals surface area contributed by atoms with Crippen LogP contribution in [0.1, 0.15) is 60.9 Å². The van der Waals surface area contributed by atoms with Crippen molar-refractivity contribution in [3.8, 4) is 6.07 Å². The van der Waals surface area contributed by atoms with Crippen molar-refractivity contribution in [2.45, 2.75) is 62.2 Å². The van der Waals surface area contributed by atoms with Crippen molar-refractivity contribution in [3.05, 3.63) is 47.7 Å². The molecule has 0 bridgehead atoms. The van der Waals surface area contributed by atoms with Crippen LogP contribution in [0.4, 0.5) is 10.2 Å². The molecule has 0 spiro atoms. The van der Waals surface area contributed by atoms with E-state index in [1.165, 1.54) is 0 Å². The second kappa shape index (κ2) is 8.51. The number of hydrogen-bond acceptors (Lipinski definition) is 5. The number of nitrogens with zero attached hydrogens (tertiary/aromatic N) is 4. The van der Waals surface area contributed by atoms with Crippen LogP contribution in [0.15, 0.2) is 36.5 Å². The molecule has 0 atom stereocenters. The fourth-order valence-electron chi connectivity index (χ4n) is 5.37. The van der Waals surface area contributed by atoms with Gasteiger partial charge in [0.2, 0.25) is 5.91 Å². The number of nitriles is 1. The van der Waals surface area contributed by atoms with Crippen molar-refractivity contribution < 1.29 is 14.0 Å². The molecule has 9 heteroatoms. The summed E-state index contributed by atoms with van der Waals surface area (Å²) in [5.41, 5.74) is 4.53. The zero-order valence-corrected chi connectivity index (χ0v) is 19.0. The van der Waals surface area contributed by atoms with E-state index in [9.17, 15) is 14.9 Å². The first-order valence-electron chi connectivity index (χ1n) is 11.9. The maximum absolute atomic E-state index is 15.3. The predicted octanol–water partition coefficient (Wildman–Crippen LogP) is 3.06. The second-order valence-electron chi connectivity index (χ2n) is 9.99. The minimum atomic E-state index is -1.31. The first-order chi connectivity index (χ1) is 16.3. The van der Waals surface area contributed by atoms with Crippen molar-refractivity contribution >= 4 is 17.6 Å². The second-order valence-corrected chi connectivity index (χ2v) is 9.99. The summed E-state index contributed by atoms with van der Waals surface area (Å²) in [5.74, 6) is -0.698. The van der Waals surface area contributed by atoms with Crippen LogP contribution in [-0.4, -0.2) is 45.6 Å². The number of rotatable bonds is 7. The van der Waals surface area contributed by atoms with E-state index >= 15 is 4.39 Å². The third-order valence-corrected chi connectivity index (χ3v) is 7.66. The Kier molecular flexibility index (Phi) is 5.64. The normalized spacial score (nSPS) is 26.3. The number of amides is 2. The van der Waals surface area contributed by atoms with Crippen LogP contribution in [0.5, 0.6) is 0 Å². The highest BCUT2D eigenvalue weighted by Gasteiger charge is 2.49. The molecule has 0 radical (unpaired) electrons. The number of hydrogen-bond donors (Lipinski definition) is 2. The van der Waals surface area contributed by atoms with Crippen molar-refractivity contribution in [2.75, 3.05) is 18.4 Å². The van der Waals surface area contributed by atoms with Gasteiger partial charge in [0, 0.05) is 31.2 Å². The number of nitrogens with one attached hydrogen (secondary N) is 1. The fraction of sp³-hybridized carbons (Fsp3) is 0.520. The number of aromatic nitrogens is 2. The third-order valence-electron chi connectivity index (χ3n) is 7.66. The molecule has 3 aliphatic rings. The van der Waals surface area contributed by atoms with E-state index in [0.29, 0.717) is 25.9 Å². The number of anilines is 1. The Bertz CT molecular complexity index is 1120. The molecule has 2 saturated carbocycles. The lowest BCUT2D eigenvalue weighted by molar-refractivity contribution is -0.117. The summed E-state index contributed by atoms with van der Waals surface area (Å²) in [6, 6.07) is 11.8. The molecule has 2 heterocycles. The largest absolute Gasteiger partial charge is 0.365 e. The molecular weight excluding hydrogens is 435 g/mol. The van der Waals surface area contributed by atoms with Crippen LogP contribution in [-0.2, 0) is 16.0 Å². The molecular formula is C25H29FN6O2. The minimum absolute atomic E-state index is 0.0376. The molecule has 178 valence electrons. The number of carbonyl (C=O) groups is 2. The maximum Gasteiger partial charge on any atom is 0.254 e. The topological polar surface area (TPSA) is 117 Å². The smallest absolute Gasteiger partial charge is 0.254 e. The minimum Gasteiger partial charge on any atom is -0.365 e. The van der Waals surface area contributed by atoms with Gasteiger partial charge in [0.25, 0.3) is 5.91 Å². The summed E-state index contributed by atoms with van der Waals surface area (Å²) >= 11 is 0. The van der Waals surface area contributed by atoms with E-state index in [4.69, 9.17) is 5.73 Å². The van der Waals surface area contributed by atoms with Crippen LogP contribution >= 0.6 is 0 Å². The van der Waals surface area contributed by atoms with Gasteiger partial charge in [0.15, 0.2) is 11.5 Å². The molecule has 34 heavy (non-hydrogen) atoms. The van der Waals surface area contributed by atoms with Gasteiger partial charge in [0.05, 0.1) is 18.0 Å². The molecule has 0 unspecified atom stereocenters. The Morgan fingerprint density at radius 1 is 1.18 bits per heavy atom. The third kappa shape index (κ3) is 4.07. The lowest BCUT2D eigenvalue weighted by Gasteiger charge is -2.51. The van der Waals surface area contributed by atoms with Crippen molar-refractivity contribution in [1.29, 1.82) is 5.26 Å². The highest BCUT2D eigenvalue weighted by molar-refractivity contribution is 6.02.